The quantitative estimate of drug-likeness (QED) is 0.896. The van der Waals surface area contributed by atoms with Crippen molar-refractivity contribution in [2.75, 3.05) is 38.2 Å². The summed E-state index contributed by atoms with van der Waals surface area (Å²) in [6, 6.07) is 8.04. The first kappa shape index (κ1) is 13.0. The highest BCUT2D eigenvalue weighted by Crippen LogP contribution is 2.34. The molecule has 1 aromatic heterocycles. The summed E-state index contributed by atoms with van der Waals surface area (Å²) in [5, 5.41) is 10.8. The zero-order valence-corrected chi connectivity index (χ0v) is 11.7. The Hall–Kier alpha value is -2.01. The first-order valence-corrected chi connectivity index (χ1v) is 7.02. The van der Waals surface area contributed by atoms with Gasteiger partial charge in [-0.3, -0.25) is 5.10 Å². The molecular weight excluding hydrogens is 252 g/mol. The number of methoxy groups -OCH3 is 1. The van der Waals surface area contributed by atoms with Crippen molar-refractivity contribution < 1.29 is 4.74 Å². The number of aromatic nitrogens is 2. The van der Waals surface area contributed by atoms with Crippen molar-refractivity contribution in [1.82, 2.24) is 15.5 Å². The molecule has 1 aromatic carbocycles. The molecule has 0 unspecified atom stereocenters. The van der Waals surface area contributed by atoms with Gasteiger partial charge in [0.05, 0.1) is 24.7 Å². The molecule has 0 bridgehead atoms. The third-order valence-electron chi connectivity index (χ3n) is 3.68. The molecule has 1 fully saturated rings. The Labute approximate surface area is 118 Å². The number of benzene rings is 1. The summed E-state index contributed by atoms with van der Waals surface area (Å²) in [5.41, 5.74) is 3.24. The van der Waals surface area contributed by atoms with Crippen LogP contribution in [-0.2, 0) is 0 Å². The molecule has 0 aliphatic carbocycles. The molecule has 0 atom stereocenters. The maximum absolute atomic E-state index is 5.46. The largest absolute Gasteiger partial charge is 0.496 e. The van der Waals surface area contributed by atoms with Crippen LogP contribution in [0, 0.1) is 0 Å². The molecule has 0 saturated carbocycles. The van der Waals surface area contributed by atoms with Gasteiger partial charge in [-0.2, -0.15) is 5.10 Å². The number of rotatable bonds is 3. The first-order chi connectivity index (χ1) is 9.90. The van der Waals surface area contributed by atoms with Crippen LogP contribution >= 0.6 is 0 Å². The molecule has 1 aliphatic heterocycles. The van der Waals surface area contributed by atoms with Gasteiger partial charge in [0.25, 0.3) is 0 Å². The maximum atomic E-state index is 5.46. The molecule has 1 aliphatic rings. The molecular formula is C15H20N4O. The zero-order chi connectivity index (χ0) is 13.8. The number of ether oxygens (including phenoxy) is 1. The summed E-state index contributed by atoms with van der Waals surface area (Å²) in [7, 11) is 1.70. The van der Waals surface area contributed by atoms with Crippen LogP contribution in [0.3, 0.4) is 0 Å². The van der Waals surface area contributed by atoms with E-state index < -0.39 is 0 Å². The van der Waals surface area contributed by atoms with Gasteiger partial charge in [-0.15, -0.1) is 0 Å². The summed E-state index contributed by atoms with van der Waals surface area (Å²) in [6.45, 7) is 4.14. The van der Waals surface area contributed by atoms with Gasteiger partial charge in [-0.05, 0) is 25.1 Å². The topological polar surface area (TPSA) is 53.2 Å². The maximum Gasteiger partial charge on any atom is 0.128 e. The van der Waals surface area contributed by atoms with Crippen molar-refractivity contribution >= 4 is 5.69 Å². The van der Waals surface area contributed by atoms with Crippen LogP contribution in [0.4, 0.5) is 5.69 Å². The van der Waals surface area contributed by atoms with Crippen molar-refractivity contribution in [3.05, 3.63) is 30.5 Å². The summed E-state index contributed by atoms with van der Waals surface area (Å²) >= 11 is 0. The lowest BCUT2D eigenvalue weighted by atomic mass is 10.1. The highest BCUT2D eigenvalue weighted by molar-refractivity contribution is 5.78. The molecule has 2 heterocycles. The van der Waals surface area contributed by atoms with Crippen LogP contribution in [0.1, 0.15) is 6.42 Å². The van der Waals surface area contributed by atoms with E-state index in [0.29, 0.717) is 0 Å². The Morgan fingerprint density at radius 1 is 1.20 bits per heavy atom. The smallest absolute Gasteiger partial charge is 0.128 e. The van der Waals surface area contributed by atoms with Gasteiger partial charge < -0.3 is 15.0 Å². The fourth-order valence-electron chi connectivity index (χ4n) is 2.66. The predicted octanol–water partition coefficient (Wildman–Crippen LogP) is 1.88. The first-order valence-electron chi connectivity index (χ1n) is 7.02. The molecule has 0 spiro atoms. The van der Waals surface area contributed by atoms with Gasteiger partial charge in [-0.25, -0.2) is 0 Å². The van der Waals surface area contributed by atoms with Crippen LogP contribution in [0.5, 0.6) is 5.75 Å². The van der Waals surface area contributed by atoms with Gasteiger partial charge in [-0.1, -0.05) is 12.1 Å². The lowest BCUT2D eigenvalue weighted by Gasteiger charge is -2.22. The molecule has 2 aromatic rings. The number of aromatic amines is 1. The Balaban J connectivity index is 1.96. The lowest BCUT2D eigenvalue weighted by Crippen LogP contribution is -2.27. The Bertz CT molecular complexity index is 559. The fourth-order valence-corrected chi connectivity index (χ4v) is 2.66. The van der Waals surface area contributed by atoms with Crippen molar-refractivity contribution in [3.8, 4) is 17.0 Å². The number of nitrogens with zero attached hydrogens (tertiary/aromatic N) is 2. The minimum absolute atomic E-state index is 0.867. The van der Waals surface area contributed by atoms with Crippen LogP contribution < -0.4 is 15.0 Å². The van der Waals surface area contributed by atoms with Gasteiger partial charge in [0, 0.05) is 25.2 Å². The van der Waals surface area contributed by atoms with E-state index in [-0.39, 0.29) is 0 Å². The van der Waals surface area contributed by atoms with Crippen molar-refractivity contribution in [2.24, 2.45) is 0 Å². The van der Waals surface area contributed by atoms with Crippen LogP contribution in [0.15, 0.2) is 30.5 Å². The SMILES string of the molecule is COc1ccccc1-c1[nH]ncc1N1CCCNCC1. The lowest BCUT2D eigenvalue weighted by molar-refractivity contribution is 0.416. The molecule has 106 valence electrons. The molecule has 2 N–H and O–H groups in total. The van der Waals surface area contributed by atoms with E-state index in [4.69, 9.17) is 4.74 Å². The fraction of sp³-hybridized carbons (Fsp3) is 0.400. The highest BCUT2D eigenvalue weighted by Gasteiger charge is 2.18. The van der Waals surface area contributed by atoms with E-state index in [0.717, 1.165) is 55.3 Å². The summed E-state index contributed by atoms with van der Waals surface area (Å²) in [5.74, 6) is 0.867. The third kappa shape index (κ3) is 2.49. The minimum Gasteiger partial charge on any atom is -0.496 e. The molecule has 5 heteroatoms. The van der Waals surface area contributed by atoms with Crippen LogP contribution in [0.2, 0.25) is 0 Å². The highest BCUT2D eigenvalue weighted by atomic mass is 16.5. The molecule has 3 rings (SSSR count). The second-order valence-corrected chi connectivity index (χ2v) is 4.92. The molecule has 1 saturated heterocycles. The molecule has 20 heavy (non-hydrogen) atoms. The zero-order valence-electron chi connectivity index (χ0n) is 11.7. The second kappa shape index (κ2) is 5.96. The van der Waals surface area contributed by atoms with Crippen molar-refractivity contribution in [2.45, 2.75) is 6.42 Å². The van der Waals surface area contributed by atoms with Crippen LogP contribution in [-0.4, -0.2) is 43.5 Å². The molecule has 0 radical (unpaired) electrons. The average molecular weight is 272 g/mol. The van der Waals surface area contributed by atoms with Gasteiger partial charge in [0.2, 0.25) is 0 Å². The Morgan fingerprint density at radius 2 is 2.10 bits per heavy atom. The average Bonchev–Trinajstić information content (AvgIpc) is 2.82. The normalized spacial score (nSPS) is 15.9. The number of anilines is 1. The van der Waals surface area contributed by atoms with E-state index in [1.807, 2.05) is 24.4 Å². The van der Waals surface area contributed by atoms with E-state index >= 15 is 0 Å². The van der Waals surface area contributed by atoms with E-state index in [1.165, 1.54) is 0 Å². The van der Waals surface area contributed by atoms with Gasteiger partial charge in [0.15, 0.2) is 0 Å². The number of para-hydroxylation sites is 1. The Kier molecular flexibility index (Phi) is 3.87. The second-order valence-electron chi connectivity index (χ2n) is 4.92. The third-order valence-corrected chi connectivity index (χ3v) is 3.68. The number of nitrogens with one attached hydrogen (secondary N) is 2. The minimum atomic E-state index is 0.867. The van der Waals surface area contributed by atoms with Gasteiger partial charge >= 0.3 is 0 Å². The molecule has 0 amide bonds. The summed E-state index contributed by atoms with van der Waals surface area (Å²) < 4.78 is 5.46. The summed E-state index contributed by atoms with van der Waals surface area (Å²) in [4.78, 5) is 2.38. The predicted molar refractivity (Wildman–Crippen MR) is 80.3 cm³/mol. The van der Waals surface area contributed by atoms with E-state index in [2.05, 4.69) is 26.5 Å². The van der Waals surface area contributed by atoms with Crippen LogP contribution in [0.25, 0.3) is 11.3 Å². The standard InChI is InChI=1S/C15H20N4O/c1-20-14-6-3-2-5-12(14)15-13(11-17-18-15)19-9-4-7-16-8-10-19/h2-3,5-6,11,16H,4,7-10H2,1H3,(H,17,18). The van der Waals surface area contributed by atoms with E-state index in [9.17, 15) is 0 Å². The van der Waals surface area contributed by atoms with E-state index in [1.54, 1.807) is 7.11 Å². The number of H-pyrrole nitrogens is 1. The van der Waals surface area contributed by atoms with Crippen molar-refractivity contribution in [1.29, 1.82) is 0 Å². The number of hydrogen-bond donors (Lipinski definition) is 2. The Morgan fingerprint density at radius 3 is 3.00 bits per heavy atom. The van der Waals surface area contributed by atoms with Crippen molar-refractivity contribution in [3.63, 3.8) is 0 Å². The monoisotopic (exact) mass is 272 g/mol. The number of hydrogen-bond acceptors (Lipinski definition) is 4. The summed E-state index contributed by atoms with van der Waals surface area (Å²) in [6.07, 6.45) is 3.06. The molecule has 5 nitrogen and oxygen atoms in total. The van der Waals surface area contributed by atoms with Gasteiger partial charge in [0.1, 0.15) is 5.75 Å².